The molecule has 152 valence electrons. The maximum Gasteiger partial charge on any atom is 0.193 e. The van der Waals surface area contributed by atoms with Crippen molar-refractivity contribution in [3.05, 3.63) is 18.7 Å². The van der Waals surface area contributed by atoms with Gasteiger partial charge in [0.05, 0.1) is 18.5 Å². The van der Waals surface area contributed by atoms with E-state index in [1.807, 2.05) is 19.6 Å². The van der Waals surface area contributed by atoms with Crippen LogP contribution in [0.3, 0.4) is 0 Å². The molecule has 1 aliphatic carbocycles. The van der Waals surface area contributed by atoms with Crippen molar-refractivity contribution >= 4 is 5.96 Å². The summed E-state index contributed by atoms with van der Waals surface area (Å²) in [6.45, 7) is 8.23. The zero-order chi connectivity index (χ0) is 19.1. The molecule has 1 saturated heterocycles. The second kappa shape index (κ2) is 10.1. The maximum absolute atomic E-state index is 6.06. The highest BCUT2D eigenvalue weighted by molar-refractivity contribution is 5.80. The minimum absolute atomic E-state index is 0.392. The molecular weight excluding hydrogens is 338 g/mol. The van der Waals surface area contributed by atoms with Gasteiger partial charge in [-0.05, 0) is 44.4 Å². The Hall–Kier alpha value is -1.56. The smallest absolute Gasteiger partial charge is 0.193 e. The van der Waals surface area contributed by atoms with Crippen molar-refractivity contribution in [3.63, 3.8) is 0 Å². The Kier molecular flexibility index (Phi) is 7.56. The van der Waals surface area contributed by atoms with E-state index < -0.39 is 0 Å². The monoisotopic (exact) mass is 375 g/mol. The van der Waals surface area contributed by atoms with E-state index in [0.717, 1.165) is 44.5 Å². The molecule has 3 rings (SSSR count). The lowest BCUT2D eigenvalue weighted by molar-refractivity contribution is 0.0168. The van der Waals surface area contributed by atoms with E-state index >= 15 is 0 Å². The molecule has 1 saturated carbocycles. The van der Waals surface area contributed by atoms with E-state index in [1.54, 1.807) is 0 Å². The highest BCUT2D eigenvalue weighted by atomic mass is 16.5. The van der Waals surface area contributed by atoms with Crippen LogP contribution in [0.2, 0.25) is 0 Å². The van der Waals surface area contributed by atoms with E-state index in [2.05, 4.69) is 44.8 Å². The lowest BCUT2D eigenvalue weighted by Gasteiger charge is -2.39. The van der Waals surface area contributed by atoms with E-state index in [-0.39, 0.29) is 0 Å². The number of nitrogens with zero attached hydrogens (tertiary/aromatic N) is 4. The van der Waals surface area contributed by atoms with Crippen molar-refractivity contribution in [3.8, 4) is 0 Å². The number of piperidine rings is 1. The van der Waals surface area contributed by atoms with Gasteiger partial charge in [-0.3, -0.25) is 4.99 Å². The molecule has 2 aliphatic rings. The van der Waals surface area contributed by atoms with Crippen molar-refractivity contribution < 1.29 is 4.74 Å². The number of ether oxygens (including phenoxy) is 1. The summed E-state index contributed by atoms with van der Waals surface area (Å²) in [5.41, 5.74) is 0. The molecule has 6 nitrogen and oxygen atoms in total. The van der Waals surface area contributed by atoms with Crippen LogP contribution in [0.1, 0.15) is 58.4 Å². The van der Waals surface area contributed by atoms with E-state index in [1.165, 1.54) is 32.1 Å². The minimum Gasteiger partial charge on any atom is -0.378 e. The predicted octanol–water partition coefficient (Wildman–Crippen LogP) is 3.33. The highest BCUT2D eigenvalue weighted by Crippen LogP contribution is 2.31. The average Bonchev–Trinajstić information content (AvgIpc) is 3.39. The molecule has 3 unspecified atom stereocenters. The summed E-state index contributed by atoms with van der Waals surface area (Å²) in [6.07, 6.45) is 13.9. The quantitative estimate of drug-likeness (QED) is 0.587. The standard InChI is InChI=1S/C21H37N5O/c1-4-27-20(18-7-5-6-8-18)9-11-24-21(22-3)25-13-10-17(2)19(15-25)26-14-12-23-16-26/h12,14,16-20H,4-11,13,15H2,1-3H3,(H,22,24). The van der Waals surface area contributed by atoms with Crippen LogP contribution in [0.5, 0.6) is 0 Å². The highest BCUT2D eigenvalue weighted by Gasteiger charge is 2.29. The maximum atomic E-state index is 6.06. The molecule has 1 aromatic heterocycles. The van der Waals surface area contributed by atoms with Crippen LogP contribution in [0.25, 0.3) is 0 Å². The lowest BCUT2D eigenvalue weighted by Crippen LogP contribution is -2.49. The van der Waals surface area contributed by atoms with Crippen LogP contribution in [0.15, 0.2) is 23.7 Å². The summed E-state index contributed by atoms with van der Waals surface area (Å²) in [7, 11) is 1.89. The number of hydrogen-bond acceptors (Lipinski definition) is 3. The van der Waals surface area contributed by atoms with Gasteiger partial charge in [0.15, 0.2) is 5.96 Å². The van der Waals surface area contributed by atoms with Crippen molar-refractivity contribution in [2.45, 2.75) is 64.5 Å². The number of nitrogens with one attached hydrogen (secondary N) is 1. The first-order valence-electron chi connectivity index (χ1n) is 10.8. The Balaban J connectivity index is 1.52. The van der Waals surface area contributed by atoms with Crippen molar-refractivity contribution in [2.24, 2.45) is 16.8 Å². The first-order chi connectivity index (χ1) is 13.2. The van der Waals surface area contributed by atoms with Gasteiger partial charge in [0.2, 0.25) is 0 Å². The summed E-state index contributed by atoms with van der Waals surface area (Å²) in [5, 5.41) is 3.60. The lowest BCUT2D eigenvalue weighted by atomic mass is 9.93. The second-order valence-electron chi connectivity index (χ2n) is 8.09. The van der Waals surface area contributed by atoms with E-state index in [0.29, 0.717) is 18.1 Å². The predicted molar refractivity (Wildman–Crippen MR) is 110 cm³/mol. The third kappa shape index (κ3) is 5.24. The molecule has 2 fully saturated rings. The second-order valence-corrected chi connectivity index (χ2v) is 8.09. The Morgan fingerprint density at radius 2 is 2.15 bits per heavy atom. The Labute approximate surface area is 164 Å². The molecule has 1 aromatic rings. The molecule has 3 atom stereocenters. The fourth-order valence-electron chi connectivity index (χ4n) is 4.75. The fraction of sp³-hybridized carbons (Fsp3) is 0.810. The van der Waals surface area contributed by atoms with Crippen molar-refractivity contribution in [2.75, 3.05) is 33.3 Å². The van der Waals surface area contributed by atoms with Crippen LogP contribution < -0.4 is 5.32 Å². The summed E-state index contributed by atoms with van der Waals surface area (Å²) >= 11 is 0. The molecule has 0 radical (unpaired) electrons. The van der Waals surface area contributed by atoms with Gasteiger partial charge in [0, 0.05) is 45.7 Å². The Bertz CT molecular complexity index is 567. The number of hydrogen-bond donors (Lipinski definition) is 1. The number of aromatic nitrogens is 2. The number of aliphatic imine (C=N–C) groups is 1. The Morgan fingerprint density at radius 1 is 1.33 bits per heavy atom. The normalized spacial score (nSPS) is 25.7. The SMILES string of the molecule is CCOC(CCNC(=NC)N1CCC(C)C(n2ccnc2)C1)C1CCCC1. The van der Waals surface area contributed by atoms with Crippen LogP contribution in [-0.2, 0) is 4.74 Å². The number of guanidine groups is 1. The third-order valence-corrected chi connectivity index (χ3v) is 6.36. The van der Waals surface area contributed by atoms with Gasteiger partial charge in [-0.25, -0.2) is 4.98 Å². The van der Waals surface area contributed by atoms with E-state index in [4.69, 9.17) is 4.74 Å². The van der Waals surface area contributed by atoms with Crippen LogP contribution in [-0.4, -0.2) is 59.8 Å². The van der Waals surface area contributed by atoms with Gasteiger partial charge in [-0.1, -0.05) is 19.8 Å². The summed E-state index contributed by atoms with van der Waals surface area (Å²) in [4.78, 5) is 11.2. The molecule has 2 heterocycles. The van der Waals surface area contributed by atoms with Crippen LogP contribution in [0, 0.1) is 11.8 Å². The zero-order valence-corrected chi connectivity index (χ0v) is 17.3. The van der Waals surface area contributed by atoms with Gasteiger partial charge in [0.1, 0.15) is 0 Å². The van der Waals surface area contributed by atoms with Crippen molar-refractivity contribution in [1.29, 1.82) is 0 Å². The molecule has 0 aromatic carbocycles. The molecule has 6 heteroatoms. The third-order valence-electron chi connectivity index (χ3n) is 6.36. The topological polar surface area (TPSA) is 54.7 Å². The molecule has 0 spiro atoms. The van der Waals surface area contributed by atoms with Gasteiger partial charge in [0.25, 0.3) is 0 Å². The number of imidazole rings is 1. The van der Waals surface area contributed by atoms with Crippen molar-refractivity contribution in [1.82, 2.24) is 19.8 Å². The molecule has 27 heavy (non-hydrogen) atoms. The first-order valence-corrected chi connectivity index (χ1v) is 10.8. The first kappa shape index (κ1) is 20.2. The molecule has 1 aliphatic heterocycles. The Morgan fingerprint density at radius 3 is 2.81 bits per heavy atom. The molecule has 1 N–H and O–H groups in total. The van der Waals surface area contributed by atoms with Gasteiger partial charge in [-0.2, -0.15) is 0 Å². The zero-order valence-electron chi connectivity index (χ0n) is 17.3. The summed E-state index contributed by atoms with van der Waals surface area (Å²) < 4.78 is 8.31. The van der Waals surface area contributed by atoms with Gasteiger partial charge >= 0.3 is 0 Å². The van der Waals surface area contributed by atoms with Gasteiger partial charge < -0.3 is 19.5 Å². The number of likely N-dealkylation sites (tertiary alicyclic amines) is 1. The van der Waals surface area contributed by atoms with Gasteiger partial charge in [-0.15, -0.1) is 0 Å². The van der Waals surface area contributed by atoms with Crippen LogP contribution >= 0.6 is 0 Å². The summed E-state index contributed by atoms with van der Waals surface area (Å²) in [6, 6.07) is 0.453. The van der Waals surface area contributed by atoms with E-state index in [9.17, 15) is 0 Å². The minimum atomic E-state index is 0.392. The van der Waals surface area contributed by atoms with Crippen LogP contribution in [0.4, 0.5) is 0 Å². The molecule has 0 bridgehead atoms. The summed E-state index contributed by atoms with van der Waals surface area (Å²) in [5.74, 6) is 2.42. The molecular formula is C21H37N5O. The number of rotatable bonds is 7. The molecule has 0 amide bonds. The fourth-order valence-corrected chi connectivity index (χ4v) is 4.75. The average molecular weight is 376 g/mol. The largest absolute Gasteiger partial charge is 0.378 e.